The van der Waals surface area contributed by atoms with Crippen molar-refractivity contribution in [3.05, 3.63) is 59.7 Å². The lowest BCUT2D eigenvalue weighted by Crippen LogP contribution is -2.24. The van der Waals surface area contributed by atoms with Crippen molar-refractivity contribution in [1.29, 1.82) is 0 Å². The minimum atomic E-state index is -3.43. The largest absolute Gasteiger partial charge is 0.351 e. The Morgan fingerprint density at radius 2 is 1.67 bits per heavy atom. The zero-order valence-electron chi connectivity index (χ0n) is 13.6. The number of carbonyl (C=O) groups excluding carboxylic acids is 1. The molecular weight excluding hydrogens is 344 g/mol. The highest BCUT2D eigenvalue weighted by molar-refractivity contribution is 8.00. The number of amides is 1. The molecule has 2 rings (SSSR count). The zero-order valence-corrected chi connectivity index (χ0v) is 15.2. The fourth-order valence-electron chi connectivity index (χ4n) is 1.94. The summed E-state index contributed by atoms with van der Waals surface area (Å²) in [6.07, 6.45) is 0. The first kappa shape index (κ1) is 18.5. The topological polar surface area (TPSA) is 75.3 Å². The Morgan fingerprint density at radius 3 is 2.25 bits per heavy atom. The maximum absolute atomic E-state index is 11.9. The number of aryl methyl sites for hydroxylation is 1. The van der Waals surface area contributed by atoms with E-state index in [2.05, 4.69) is 10.0 Å². The van der Waals surface area contributed by atoms with Gasteiger partial charge in [-0.2, -0.15) is 0 Å². The molecule has 0 aliphatic rings. The van der Waals surface area contributed by atoms with Gasteiger partial charge in [0.1, 0.15) is 0 Å². The molecule has 0 fully saturated rings. The first-order valence-electron chi connectivity index (χ1n) is 7.39. The third-order valence-electron chi connectivity index (χ3n) is 3.38. The van der Waals surface area contributed by atoms with Gasteiger partial charge in [-0.05, 0) is 43.8 Å². The van der Waals surface area contributed by atoms with Crippen molar-refractivity contribution in [2.75, 3.05) is 12.8 Å². The summed E-state index contributed by atoms with van der Waals surface area (Å²) in [7, 11) is -2.06. The van der Waals surface area contributed by atoms with E-state index in [9.17, 15) is 13.2 Å². The molecule has 0 unspecified atom stereocenters. The Balaban J connectivity index is 1.82. The van der Waals surface area contributed by atoms with E-state index in [0.29, 0.717) is 12.3 Å². The molecule has 0 aromatic heterocycles. The number of rotatable bonds is 7. The highest BCUT2D eigenvalue weighted by Crippen LogP contribution is 2.18. The smallest absolute Gasteiger partial charge is 0.240 e. The average Bonchev–Trinajstić information content (AvgIpc) is 2.60. The predicted molar refractivity (Wildman–Crippen MR) is 96.4 cm³/mol. The quantitative estimate of drug-likeness (QED) is 0.740. The monoisotopic (exact) mass is 364 g/mol. The number of sulfonamides is 1. The van der Waals surface area contributed by atoms with Gasteiger partial charge in [0.05, 0.1) is 10.6 Å². The van der Waals surface area contributed by atoms with Gasteiger partial charge in [-0.1, -0.05) is 29.8 Å². The maximum Gasteiger partial charge on any atom is 0.240 e. The van der Waals surface area contributed by atoms with Crippen LogP contribution >= 0.6 is 11.8 Å². The molecule has 2 N–H and O–H groups in total. The summed E-state index contributed by atoms with van der Waals surface area (Å²) in [5.74, 6) is 0.280. The molecular formula is C17H20N2O3S2. The molecule has 0 saturated carbocycles. The van der Waals surface area contributed by atoms with E-state index in [1.165, 1.54) is 36.5 Å². The fraction of sp³-hybridized carbons (Fsp3) is 0.235. The minimum absolute atomic E-state index is 0.0625. The molecule has 0 aliphatic carbocycles. The van der Waals surface area contributed by atoms with Crippen LogP contribution in [0.3, 0.4) is 0 Å². The summed E-state index contributed by atoms with van der Waals surface area (Å²) in [5.41, 5.74) is 2.03. The second-order valence-corrected chi connectivity index (χ2v) is 8.17. The van der Waals surface area contributed by atoms with Gasteiger partial charge in [0, 0.05) is 11.4 Å². The van der Waals surface area contributed by atoms with Crippen molar-refractivity contribution in [3.63, 3.8) is 0 Å². The molecule has 0 heterocycles. The van der Waals surface area contributed by atoms with Crippen LogP contribution in [-0.4, -0.2) is 27.1 Å². The van der Waals surface area contributed by atoms with Crippen molar-refractivity contribution >= 4 is 27.7 Å². The first-order valence-corrected chi connectivity index (χ1v) is 9.86. The lowest BCUT2D eigenvalue weighted by Gasteiger charge is -2.07. The number of carbonyl (C=O) groups is 1. The zero-order chi connectivity index (χ0) is 17.6. The number of benzene rings is 2. The minimum Gasteiger partial charge on any atom is -0.351 e. The van der Waals surface area contributed by atoms with Crippen LogP contribution in [0.5, 0.6) is 0 Å². The van der Waals surface area contributed by atoms with Gasteiger partial charge in [-0.25, -0.2) is 13.1 Å². The molecule has 0 saturated heterocycles. The van der Waals surface area contributed by atoms with E-state index in [1.807, 2.05) is 31.2 Å². The summed E-state index contributed by atoms with van der Waals surface area (Å²) in [5, 5.41) is 2.83. The van der Waals surface area contributed by atoms with Gasteiger partial charge < -0.3 is 5.32 Å². The number of thioether (sulfide) groups is 1. The highest BCUT2D eigenvalue weighted by atomic mass is 32.2. The number of hydrogen-bond donors (Lipinski definition) is 2. The summed E-state index contributed by atoms with van der Waals surface area (Å²) in [6.45, 7) is 2.39. The van der Waals surface area contributed by atoms with Crippen molar-refractivity contribution in [2.24, 2.45) is 0 Å². The molecule has 0 atom stereocenters. The van der Waals surface area contributed by atoms with Crippen LogP contribution in [0.1, 0.15) is 11.1 Å². The first-order chi connectivity index (χ1) is 11.4. The van der Waals surface area contributed by atoms with E-state index in [-0.39, 0.29) is 10.8 Å². The summed E-state index contributed by atoms with van der Waals surface area (Å²) in [4.78, 5) is 13.1. The van der Waals surface area contributed by atoms with Crippen LogP contribution in [-0.2, 0) is 21.4 Å². The molecule has 1 amide bonds. The van der Waals surface area contributed by atoms with Crippen LogP contribution in [0.25, 0.3) is 0 Å². The Bertz CT molecular complexity index is 786. The standard InChI is InChI=1S/C17H20N2O3S2/c1-13-3-7-15(8-4-13)23-12-17(20)19-11-14-5-9-16(10-6-14)24(21,22)18-2/h3-10,18H,11-12H2,1-2H3,(H,19,20). The van der Waals surface area contributed by atoms with Gasteiger partial charge in [0.15, 0.2) is 0 Å². The van der Waals surface area contributed by atoms with Gasteiger partial charge in [0.25, 0.3) is 0 Å². The maximum atomic E-state index is 11.9. The SMILES string of the molecule is CNS(=O)(=O)c1ccc(CNC(=O)CSc2ccc(C)cc2)cc1. The van der Waals surface area contributed by atoms with Crippen molar-refractivity contribution in [2.45, 2.75) is 23.3 Å². The number of nitrogens with one attached hydrogen (secondary N) is 2. The highest BCUT2D eigenvalue weighted by Gasteiger charge is 2.10. The molecule has 0 radical (unpaired) electrons. The second-order valence-electron chi connectivity index (χ2n) is 5.23. The Hall–Kier alpha value is -1.83. The Kier molecular flexibility index (Phi) is 6.42. The molecule has 24 heavy (non-hydrogen) atoms. The number of hydrogen-bond acceptors (Lipinski definition) is 4. The second kappa shape index (κ2) is 8.32. The van der Waals surface area contributed by atoms with E-state index in [4.69, 9.17) is 0 Å². The van der Waals surface area contributed by atoms with Crippen LogP contribution in [0.4, 0.5) is 0 Å². The van der Waals surface area contributed by atoms with Crippen LogP contribution in [0.2, 0.25) is 0 Å². The fourth-order valence-corrected chi connectivity index (χ4v) is 3.40. The molecule has 128 valence electrons. The predicted octanol–water partition coefficient (Wildman–Crippen LogP) is 2.31. The molecule has 5 nitrogen and oxygen atoms in total. The van der Waals surface area contributed by atoms with E-state index in [0.717, 1.165) is 10.5 Å². The van der Waals surface area contributed by atoms with Crippen LogP contribution < -0.4 is 10.0 Å². The normalized spacial score (nSPS) is 11.2. The molecule has 0 spiro atoms. The Labute approximate surface area is 146 Å². The lowest BCUT2D eigenvalue weighted by molar-refractivity contribution is -0.118. The van der Waals surface area contributed by atoms with Crippen molar-refractivity contribution in [3.8, 4) is 0 Å². The third-order valence-corrected chi connectivity index (χ3v) is 5.83. The van der Waals surface area contributed by atoms with Gasteiger partial charge in [-0.15, -0.1) is 11.8 Å². The van der Waals surface area contributed by atoms with Gasteiger partial charge in [-0.3, -0.25) is 4.79 Å². The molecule has 0 bridgehead atoms. The summed E-state index contributed by atoms with van der Waals surface area (Å²) in [6, 6.07) is 14.4. The summed E-state index contributed by atoms with van der Waals surface area (Å²) < 4.78 is 25.5. The van der Waals surface area contributed by atoms with Crippen molar-refractivity contribution in [1.82, 2.24) is 10.0 Å². The average molecular weight is 364 g/mol. The lowest BCUT2D eigenvalue weighted by atomic mass is 10.2. The van der Waals surface area contributed by atoms with E-state index >= 15 is 0 Å². The van der Waals surface area contributed by atoms with Gasteiger partial charge >= 0.3 is 0 Å². The Morgan fingerprint density at radius 1 is 1.04 bits per heavy atom. The third kappa shape index (κ3) is 5.36. The van der Waals surface area contributed by atoms with Crippen molar-refractivity contribution < 1.29 is 13.2 Å². The van der Waals surface area contributed by atoms with E-state index < -0.39 is 10.0 Å². The van der Waals surface area contributed by atoms with Crippen LogP contribution in [0, 0.1) is 6.92 Å². The van der Waals surface area contributed by atoms with E-state index in [1.54, 1.807) is 12.1 Å². The summed E-state index contributed by atoms with van der Waals surface area (Å²) >= 11 is 1.48. The molecule has 0 aliphatic heterocycles. The molecule has 2 aromatic carbocycles. The molecule has 2 aromatic rings. The van der Waals surface area contributed by atoms with Gasteiger partial charge in [0.2, 0.25) is 15.9 Å². The van der Waals surface area contributed by atoms with Crippen LogP contribution in [0.15, 0.2) is 58.3 Å². The molecule has 7 heteroatoms.